The fourth-order valence-corrected chi connectivity index (χ4v) is 3.81. The molecule has 2 aromatic heterocycles. The van der Waals surface area contributed by atoms with E-state index in [9.17, 15) is 13.5 Å². The minimum absolute atomic E-state index is 0. The summed E-state index contributed by atoms with van der Waals surface area (Å²) in [5.41, 5.74) is 4.38. The van der Waals surface area contributed by atoms with E-state index < -0.39 is 10.0 Å². The fraction of sp³-hybridized carbons (Fsp3) is 0.0588. The number of H-pyrrole nitrogens is 1. The summed E-state index contributed by atoms with van der Waals surface area (Å²) in [4.78, 5) is 11.6. The zero-order valence-corrected chi connectivity index (χ0v) is 14.3. The van der Waals surface area contributed by atoms with Crippen molar-refractivity contribution in [2.45, 2.75) is 12.3 Å². The quantitative estimate of drug-likeness (QED) is 0.465. The van der Waals surface area contributed by atoms with Crippen molar-refractivity contribution in [2.75, 3.05) is 0 Å². The maximum absolute atomic E-state index is 11.3. The van der Waals surface area contributed by atoms with Crippen LogP contribution in [0.15, 0.2) is 51.8 Å². The van der Waals surface area contributed by atoms with Gasteiger partial charge in [-0.2, -0.15) is 0 Å². The Labute approximate surface area is 153 Å². The first kappa shape index (κ1) is 18.1. The maximum atomic E-state index is 11.3. The molecule has 0 unspecified atom stereocenters. The van der Waals surface area contributed by atoms with Crippen LogP contribution >= 0.6 is 11.3 Å². The number of nitrogens with two attached hydrogens (primary N) is 1. The van der Waals surface area contributed by atoms with Gasteiger partial charge in [-0.15, -0.1) is 11.3 Å². The highest BCUT2D eigenvalue weighted by Gasteiger charge is 2.14. The van der Waals surface area contributed by atoms with E-state index in [1.807, 2.05) is 12.1 Å². The van der Waals surface area contributed by atoms with Crippen molar-refractivity contribution in [3.8, 4) is 5.88 Å². The number of nitrogens with zero attached hydrogens (tertiary/aromatic N) is 2. The molecule has 0 fully saturated rings. The van der Waals surface area contributed by atoms with E-state index in [0.717, 1.165) is 21.1 Å². The molecule has 0 bridgehead atoms. The van der Waals surface area contributed by atoms with Crippen molar-refractivity contribution in [2.24, 2.45) is 10.1 Å². The summed E-state index contributed by atoms with van der Waals surface area (Å²) in [6.07, 6.45) is 1.53. The van der Waals surface area contributed by atoms with Crippen molar-refractivity contribution in [3.05, 3.63) is 47.5 Å². The largest absolute Gasteiger partial charge is 0.494 e. The topological polar surface area (TPSA) is 121 Å². The number of aliphatic imine (C=N–C) groups is 1. The number of sulfonamides is 1. The second-order valence-electron chi connectivity index (χ2n) is 5.37. The van der Waals surface area contributed by atoms with Gasteiger partial charge < -0.3 is 10.1 Å². The van der Waals surface area contributed by atoms with E-state index in [2.05, 4.69) is 15.0 Å². The van der Waals surface area contributed by atoms with Gasteiger partial charge >= 0.3 is 0 Å². The molecule has 0 radical (unpaired) electrons. The number of aromatic hydroxyl groups is 1. The van der Waals surface area contributed by atoms with Crippen LogP contribution in [-0.2, 0) is 10.0 Å². The second-order valence-corrected chi connectivity index (χ2v) is 7.82. The normalized spacial score (nSPS) is 12.0. The summed E-state index contributed by atoms with van der Waals surface area (Å²) in [6.45, 7) is 0. The monoisotopic (exact) mass is 388 g/mol. The molecule has 26 heavy (non-hydrogen) atoms. The molecule has 2 aromatic carbocycles. The van der Waals surface area contributed by atoms with E-state index in [4.69, 9.17) is 5.14 Å². The van der Waals surface area contributed by atoms with Gasteiger partial charge in [0.2, 0.25) is 10.0 Å². The lowest BCUT2D eigenvalue weighted by atomic mass is 10.1. The second kappa shape index (κ2) is 6.52. The van der Waals surface area contributed by atoms with Crippen molar-refractivity contribution < 1.29 is 13.5 Å². The Morgan fingerprint density at radius 2 is 1.92 bits per heavy atom. The van der Waals surface area contributed by atoms with Crippen LogP contribution in [0.3, 0.4) is 0 Å². The highest BCUT2D eigenvalue weighted by molar-refractivity contribution is 7.89. The molecular formula is C17H16N4O3S2. The molecule has 0 saturated carbocycles. The first-order valence-electron chi connectivity index (χ1n) is 7.17. The van der Waals surface area contributed by atoms with Crippen LogP contribution in [0, 0.1) is 0 Å². The van der Waals surface area contributed by atoms with Gasteiger partial charge in [-0.05, 0) is 36.4 Å². The number of primary sulfonamides is 1. The van der Waals surface area contributed by atoms with E-state index >= 15 is 0 Å². The first-order valence-corrected chi connectivity index (χ1v) is 9.60. The molecule has 9 heteroatoms. The lowest BCUT2D eigenvalue weighted by molar-refractivity contribution is 0.457. The molecular weight excluding hydrogens is 372 g/mol. The van der Waals surface area contributed by atoms with Crippen LogP contribution in [0.2, 0.25) is 0 Å². The van der Waals surface area contributed by atoms with Crippen LogP contribution < -0.4 is 5.14 Å². The zero-order valence-electron chi connectivity index (χ0n) is 12.7. The molecule has 0 aliphatic heterocycles. The Morgan fingerprint density at radius 3 is 2.62 bits per heavy atom. The summed E-state index contributed by atoms with van der Waals surface area (Å²) in [7, 11) is -3.74. The summed E-state index contributed by atoms with van der Waals surface area (Å²) in [5, 5.41) is 16.1. The summed E-state index contributed by atoms with van der Waals surface area (Å²) in [6, 6.07) is 9.68. The van der Waals surface area contributed by atoms with Gasteiger partial charge in [0.25, 0.3) is 0 Å². The Morgan fingerprint density at radius 1 is 1.19 bits per heavy atom. The fourth-order valence-electron chi connectivity index (χ4n) is 2.61. The molecule has 0 aliphatic carbocycles. The number of aromatic nitrogens is 2. The Kier molecular flexibility index (Phi) is 4.53. The molecule has 0 saturated heterocycles. The summed E-state index contributed by atoms with van der Waals surface area (Å²) < 4.78 is 23.6. The predicted molar refractivity (Wildman–Crippen MR) is 105 cm³/mol. The van der Waals surface area contributed by atoms with Gasteiger partial charge in [0.05, 0.1) is 37.4 Å². The molecule has 7 nitrogen and oxygen atoms in total. The lowest BCUT2D eigenvalue weighted by Crippen LogP contribution is -2.11. The summed E-state index contributed by atoms with van der Waals surface area (Å²) >= 11 is 1.52. The third-order valence-corrected chi connectivity index (χ3v) is 5.51. The minimum atomic E-state index is -3.74. The molecule has 0 spiro atoms. The van der Waals surface area contributed by atoms with Crippen LogP contribution in [0.4, 0.5) is 5.69 Å². The van der Waals surface area contributed by atoms with Gasteiger partial charge in [0.1, 0.15) is 0 Å². The predicted octanol–water partition coefficient (Wildman–Crippen LogP) is 3.52. The smallest absolute Gasteiger partial charge is 0.238 e. The van der Waals surface area contributed by atoms with E-state index in [-0.39, 0.29) is 18.2 Å². The van der Waals surface area contributed by atoms with Gasteiger partial charge in [0, 0.05) is 11.6 Å². The van der Waals surface area contributed by atoms with E-state index in [1.54, 1.807) is 17.6 Å². The molecule has 4 rings (SSSR count). The average Bonchev–Trinajstić information content (AvgIpc) is 3.15. The highest BCUT2D eigenvalue weighted by atomic mass is 32.2. The van der Waals surface area contributed by atoms with E-state index in [0.29, 0.717) is 11.3 Å². The minimum Gasteiger partial charge on any atom is -0.494 e. The van der Waals surface area contributed by atoms with E-state index in [1.165, 1.54) is 29.7 Å². The first-order chi connectivity index (χ1) is 11.9. The number of thiazole rings is 1. The van der Waals surface area contributed by atoms with Gasteiger partial charge in [-0.25, -0.2) is 18.5 Å². The van der Waals surface area contributed by atoms with Crippen LogP contribution in [0.1, 0.15) is 13.0 Å². The average molecular weight is 388 g/mol. The maximum Gasteiger partial charge on any atom is 0.238 e. The number of hydrogen-bond acceptors (Lipinski definition) is 6. The molecule has 134 valence electrons. The standard InChI is InChI=1S/C16H12N4O3S2.CH4/c17-25(22,23)10-3-1-9(2-4-10)18-7-11-14-12(20-16(11)21)5-6-13-15(14)19-8-24-13;/h1-8,20-21H,(H2,17,22,23);1H4. The molecule has 4 aromatic rings. The Balaban J connectivity index is 0.00000196. The SMILES string of the molecule is C.NS(=O)(=O)c1ccc(N=Cc2c(O)[nH]c3ccc4scnc4c23)cc1. The van der Waals surface area contributed by atoms with Crippen molar-refractivity contribution in [1.29, 1.82) is 0 Å². The van der Waals surface area contributed by atoms with Gasteiger partial charge in [-0.1, -0.05) is 7.43 Å². The third kappa shape index (κ3) is 3.07. The molecule has 2 heterocycles. The van der Waals surface area contributed by atoms with Crippen molar-refractivity contribution >= 4 is 54.4 Å². The third-order valence-electron chi connectivity index (χ3n) is 3.79. The molecule has 4 N–H and O–H groups in total. The van der Waals surface area contributed by atoms with Crippen molar-refractivity contribution in [3.63, 3.8) is 0 Å². The Bertz CT molecular complexity index is 1220. The Hall–Kier alpha value is -2.75. The van der Waals surface area contributed by atoms with Gasteiger partial charge in [0.15, 0.2) is 5.88 Å². The number of aromatic amines is 1. The molecule has 0 amide bonds. The van der Waals surface area contributed by atoms with Crippen LogP contribution in [0.5, 0.6) is 5.88 Å². The number of hydrogen-bond donors (Lipinski definition) is 3. The zero-order chi connectivity index (χ0) is 17.6. The number of nitrogens with one attached hydrogen (secondary N) is 1. The molecule has 0 atom stereocenters. The lowest BCUT2D eigenvalue weighted by Gasteiger charge is -1.98. The number of rotatable bonds is 3. The molecule has 0 aliphatic rings. The van der Waals surface area contributed by atoms with Crippen molar-refractivity contribution in [1.82, 2.24) is 9.97 Å². The number of benzene rings is 2. The number of fused-ring (bicyclic) bond motifs is 3. The summed E-state index contributed by atoms with van der Waals surface area (Å²) in [5.74, 6) is 0.000376. The highest BCUT2D eigenvalue weighted by Crippen LogP contribution is 2.33. The van der Waals surface area contributed by atoms with Crippen LogP contribution in [-0.4, -0.2) is 29.7 Å². The van der Waals surface area contributed by atoms with Crippen LogP contribution in [0.25, 0.3) is 21.1 Å². The van der Waals surface area contributed by atoms with Gasteiger partial charge in [-0.3, -0.25) is 4.99 Å².